The number of carboxylic acid groups (broad SMARTS) is 1. The van der Waals surface area contributed by atoms with Crippen LogP contribution in [0.1, 0.15) is 6.42 Å². The smallest absolute Gasteiger partial charge is 0.240 e. The predicted molar refractivity (Wildman–Crippen MR) is 32.0 cm³/mol. The second-order valence-electron chi connectivity index (χ2n) is 1.99. The van der Waals surface area contributed by atoms with E-state index in [9.17, 15) is 18.7 Å². The summed E-state index contributed by atoms with van der Waals surface area (Å²) in [5.41, 5.74) is 4.98. The van der Waals surface area contributed by atoms with Gasteiger partial charge in [0.05, 0.1) is 0 Å². The van der Waals surface area contributed by atoms with Crippen LogP contribution in [0, 0.1) is 0 Å². The maximum Gasteiger partial charge on any atom is 0.240 e. The molecule has 4 nitrogen and oxygen atoms in total. The molecule has 1 atom stereocenters. The SMILES string of the molecule is NCC(CC(F)F)NC(=O)[O-]. The van der Waals surface area contributed by atoms with Gasteiger partial charge in [-0.3, -0.25) is 0 Å². The van der Waals surface area contributed by atoms with Gasteiger partial charge in [-0.1, -0.05) is 0 Å². The van der Waals surface area contributed by atoms with Crippen molar-refractivity contribution in [3.8, 4) is 0 Å². The molecule has 6 heteroatoms. The summed E-state index contributed by atoms with van der Waals surface area (Å²) in [5, 5.41) is 11.6. The molecule has 0 heterocycles. The summed E-state index contributed by atoms with van der Waals surface area (Å²) < 4.78 is 23.2. The summed E-state index contributed by atoms with van der Waals surface area (Å²) in [7, 11) is 0. The first kappa shape index (κ1) is 10.1. The number of nitrogens with two attached hydrogens (primary N) is 1. The number of carbonyl (C=O) groups excluding carboxylic acids is 1. The molecule has 3 N–H and O–H groups in total. The average molecular weight is 167 g/mol. The van der Waals surface area contributed by atoms with Gasteiger partial charge in [-0.15, -0.1) is 0 Å². The average Bonchev–Trinajstić information content (AvgIpc) is 1.84. The monoisotopic (exact) mass is 167 g/mol. The normalized spacial score (nSPS) is 13.1. The van der Waals surface area contributed by atoms with Gasteiger partial charge in [0.2, 0.25) is 6.43 Å². The second-order valence-corrected chi connectivity index (χ2v) is 1.99. The molecule has 1 unspecified atom stereocenters. The van der Waals surface area contributed by atoms with E-state index in [-0.39, 0.29) is 6.54 Å². The zero-order valence-corrected chi connectivity index (χ0v) is 5.72. The lowest BCUT2D eigenvalue weighted by Gasteiger charge is -2.17. The van der Waals surface area contributed by atoms with Crippen LogP contribution < -0.4 is 16.2 Å². The number of nitrogens with one attached hydrogen (secondary N) is 1. The van der Waals surface area contributed by atoms with Crippen molar-refractivity contribution in [2.24, 2.45) is 5.73 Å². The largest absolute Gasteiger partial charge is 0.530 e. The molecule has 0 saturated carbocycles. The number of hydrogen-bond donors (Lipinski definition) is 2. The topological polar surface area (TPSA) is 78.2 Å². The lowest BCUT2D eigenvalue weighted by molar-refractivity contribution is -0.251. The molecule has 0 aliphatic carbocycles. The van der Waals surface area contributed by atoms with E-state index in [1.165, 1.54) is 0 Å². The first-order valence-electron chi connectivity index (χ1n) is 3.02. The Kier molecular flexibility index (Phi) is 4.44. The third-order valence-corrected chi connectivity index (χ3v) is 1.07. The summed E-state index contributed by atoms with van der Waals surface area (Å²) in [6.45, 7) is -0.154. The number of carbonyl (C=O) groups is 1. The molecule has 0 bridgehead atoms. The third kappa shape index (κ3) is 5.53. The van der Waals surface area contributed by atoms with E-state index in [2.05, 4.69) is 0 Å². The van der Waals surface area contributed by atoms with E-state index in [1.807, 2.05) is 0 Å². The van der Waals surface area contributed by atoms with Crippen molar-refractivity contribution in [1.82, 2.24) is 5.32 Å². The van der Waals surface area contributed by atoms with Crippen molar-refractivity contribution in [3.63, 3.8) is 0 Å². The highest BCUT2D eigenvalue weighted by Gasteiger charge is 2.12. The Morgan fingerprint density at radius 2 is 2.18 bits per heavy atom. The van der Waals surface area contributed by atoms with Crippen LogP contribution in [0.25, 0.3) is 0 Å². The molecule has 0 aromatic heterocycles. The number of alkyl halides is 2. The van der Waals surface area contributed by atoms with Crippen molar-refractivity contribution in [2.75, 3.05) is 6.54 Å². The first-order chi connectivity index (χ1) is 5.06. The molecular weight excluding hydrogens is 158 g/mol. The van der Waals surface area contributed by atoms with Crippen LogP contribution in [0.4, 0.5) is 13.6 Å². The minimum absolute atomic E-state index is 0.154. The predicted octanol–water partition coefficient (Wildman–Crippen LogP) is -1.10. The maximum absolute atomic E-state index is 11.6. The molecule has 0 aliphatic rings. The molecule has 0 fully saturated rings. The van der Waals surface area contributed by atoms with Crippen molar-refractivity contribution in [1.29, 1.82) is 0 Å². The Bertz CT molecular complexity index is 132. The molecule has 0 saturated heterocycles. The van der Waals surface area contributed by atoms with E-state index in [1.54, 1.807) is 5.32 Å². The Morgan fingerprint density at radius 3 is 2.45 bits per heavy atom. The Hall–Kier alpha value is -0.910. The molecule has 1 amide bonds. The van der Waals surface area contributed by atoms with E-state index in [0.29, 0.717) is 0 Å². The van der Waals surface area contributed by atoms with Crippen LogP contribution in [0.2, 0.25) is 0 Å². The van der Waals surface area contributed by atoms with Crippen LogP contribution in [-0.2, 0) is 0 Å². The van der Waals surface area contributed by atoms with Crippen LogP contribution in [0.15, 0.2) is 0 Å². The molecule has 0 aromatic carbocycles. The zero-order chi connectivity index (χ0) is 8.85. The Balaban J connectivity index is 3.66. The molecule has 0 spiro atoms. The third-order valence-electron chi connectivity index (χ3n) is 1.07. The molecule has 0 rings (SSSR count). The van der Waals surface area contributed by atoms with Crippen LogP contribution in [0.3, 0.4) is 0 Å². The number of hydrogen-bond acceptors (Lipinski definition) is 3. The fourth-order valence-electron chi connectivity index (χ4n) is 0.596. The van der Waals surface area contributed by atoms with Crippen LogP contribution in [0.5, 0.6) is 0 Å². The summed E-state index contributed by atoms with van der Waals surface area (Å²) in [5.74, 6) is 0. The molecule has 0 aliphatic heterocycles. The summed E-state index contributed by atoms with van der Waals surface area (Å²) in [6, 6.07) is -0.917. The Labute approximate surface area is 62.4 Å². The highest BCUT2D eigenvalue weighted by Crippen LogP contribution is 2.02. The van der Waals surface area contributed by atoms with E-state index in [4.69, 9.17) is 5.73 Å². The summed E-state index contributed by atoms with van der Waals surface area (Å²) >= 11 is 0. The number of rotatable bonds is 4. The lowest BCUT2D eigenvalue weighted by Crippen LogP contribution is -2.47. The Morgan fingerprint density at radius 1 is 1.64 bits per heavy atom. The molecule has 66 valence electrons. The quantitative estimate of drug-likeness (QED) is 0.558. The zero-order valence-electron chi connectivity index (χ0n) is 5.72. The molecule has 11 heavy (non-hydrogen) atoms. The number of amides is 1. The summed E-state index contributed by atoms with van der Waals surface area (Å²) in [4.78, 5) is 9.83. The van der Waals surface area contributed by atoms with Gasteiger partial charge in [-0.2, -0.15) is 0 Å². The van der Waals surface area contributed by atoms with E-state index in [0.717, 1.165) is 0 Å². The van der Waals surface area contributed by atoms with Crippen molar-refractivity contribution in [2.45, 2.75) is 18.9 Å². The van der Waals surface area contributed by atoms with E-state index >= 15 is 0 Å². The minimum atomic E-state index is -2.56. The van der Waals surface area contributed by atoms with Crippen LogP contribution in [-0.4, -0.2) is 25.1 Å². The number of halogens is 2. The van der Waals surface area contributed by atoms with Gasteiger partial charge in [0.15, 0.2) is 0 Å². The van der Waals surface area contributed by atoms with Gasteiger partial charge < -0.3 is 21.0 Å². The van der Waals surface area contributed by atoms with Gasteiger partial charge in [0.1, 0.15) is 6.09 Å². The highest BCUT2D eigenvalue weighted by atomic mass is 19.3. The first-order valence-corrected chi connectivity index (χ1v) is 3.02. The van der Waals surface area contributed by atoms with Crippen molar-refractivity contribution < 1.29 is 18.7 Å². The van der Waals surface area contributed by atoms with Crippen molar-refractivity contribution in [3.05, 3.63) is 0 Å². The standard InChI is InChI=1S/C5H10F2N2O2/c6-4(7)1-3(2-8)9-5(10)11/h3-4,9H,1-2,8H2,(H,10,11)/p-1. The fourth-order valence-corrected chi connectivity index (χ4v) is 0.596. The molecule has 0 aromatic rings. The van der Waals surface area contributed by atoms with Gasteiger partial charge in [-0.25, -0.2) is 8.78 Å². The van der Waals surface area contributed by atoms with Crippen molar-refractivity contribution >= 4 is 6.09 Å². The summed E-state index contributed by atoms with van der Waals surface area (Å²) in [6.07, 6.45) is -4.72. The van der Waals surface area contributed by atoms with Gasteiger partial charge >= 0.3 is 0 Å². The van der Waals surface area contributed by atoms with Gasteiger partial charge in [0.25, 0.3) is 0 Å². The maximum atomic E-state index is 11.6. The van der Waals surface area contributed by atoms with Gasteiger partial charge in [0, 0.05) is 19.0 Å². The molecular formula is C5H9F2N2O2-. The molecule has 0 radical (unpaired) electrons. The lowest BCUT2D eigenvalue weighted by atomic mass is 10.2. The van der Waals surface area contributed by atoms with E-state index < -0.39 is 25.0 Å². The fraction of sp³-hybridized carbons (Fsp3) is 0.800. The van der Waals surface area contributed by atoms with Gasteiger partial charge in [-0.05, 0) is 0 Å². The second kappa shape index (κ2) is 4.84. The minimum Gasteiger partial charge on any atom is -0.530 e. The van der Waals surface area contributed by atoms with Crippen LogP contribution >= 0.6 is 0 Å². The highest BCUT2D eigenvalue weighted by molar-refractivity contribution is 5.62.